The first-order valence-electron chi connectivity index (χ1n) is 7.31. The second-order valence-corrected chi connectivity index (χ2v) is 6.22. The van der Waals surface area contributed by atoms with Crippen molar-refractivity contribution >= 4 is 23.5 Å². The van der Waals surface area contributed by atoms with Crippen LogP contribution in [0.5, 0.6) is 0 Å². The number of carboxylic acids is 1. The Hall–Kier alpha value is -1.98. The van der Waals surface area contributed by atoms with Crippen LogP contribution in [0.2, 0.25) is 0 Å². The van der Waals surface area contributed by atoms with Gasteiger partial charge in [0.25, 0.3) is 0 Å². The zero-order chi connectivity index (χ0) is 16.9. The minimum absolute atomic E-state index is 0.243. The smallest absolute Gasteiger partial charge is 0.330 e. The van der Waals surface area contributed by atoms with Gasteiger partial charge in [0, 0.05) is 12.0 Å². The lowest BCUT2D eigenvalue weighted by molar-refractivity contribution is -0.154. The predicted octanol–water partition coefficient (Wildman–Crippen LogP) is 1.77. The first-order valence-corrected chi connectivity index (χ1v) is 7.31. The molecule has 0 heterocycles. The Bertz CT molecular complexity index is 491. The first-order chi connectivity index (χ1) is 10.2. The number of ketones is 2. The lowest BCUT2D eigenvalue weighted by Crippen LogP contribution is -2.43. The molecule has 1 saturated carbocycles. The Balaban J connectivity index is 2.81. The van der Waals surface area contributed by atoms with Crippen LogP contribution in [-0.2, 0) is 23.9 Å². The van der Waals surface area contributed by atoms with Crippen molar-refractivity contribution in [1.29, 1.82) is 0 Å². The maximum absolute atomic E-state index is 12.4. The SMILES string of the molecule is C=CC(=O)OCC(C)(C)C(=O)C(=O)C1CCCC[C@H]1C(=O)O. The van der Waals surface area contributed by atoms with E-state index in [1.54, 1.807) is 0 Å². The van der Waals surface area contributed by atoms with Crippen LogP contribution >= 0.6 is 0 Å². The molecular weight excluding hydrogens is 288 g/mol. The van der Waals surface area contributed by atoms with Gasteiger partial charge in [-0.05, 0) is 26.7 Å². The summed E-state index contributed by atoms with van der Waals surface area (Å²) >= 11 is 0. The summed E-state index contributed by atoms with van der Waals surface area (Å²) in [6.45, 7) is 6.01. The van der Waals surface area contributed by atoms with Gasteiger partial charge in [0.2, 0.25) is 11.6 Å². The third kappa shape index (κ3) is 4.26. The quantitative estimate of drug-likeness (QED) is 0.437. The van der Waals surface area contributed by atoms with E-state index >= 15 is 0 Å². The molecular formula is C16H22O6. The normalized spacial score (nSPS) is 21.7. The van der Waals surface area contributed by atoms with Gasteiger partial charge in [-0.25, -0.2) is 4.79 Å². The fourth-order valence-electron chi connectivity index (χ4n) is 2.62. The van der Waals surface area contributed by atoms with Gasteiger partial charge in [-0.2, -0.15) is 0 Å². The van der Waals surface area contributed by atoms with Gasteiger partial charge in [-0.3, -0.25) is 14.4 Å². The first kappa shape index (κ1) is 18.1. The van der Waals surface area contributed by atoms with Crippen LogP contribution in [0.1, 0.15) is 39.5 Å². The monoisotopic (exact) mass is 310 g/mol. The van der Waals surface area contributed by atoms with Crippen LogP contribution < -0.4 is 0 Å². The molecule has 0 aromatic carbocycles. The standard InChI is InChI=1S/C16H22O6/c1-4-12(17)22-9-16(2,3)14(19)13(18)10-7-5-6-8-11(10)15(20)21/h4,10-11H,1,5-9H2,2-3H3,(H,20,21)/t10?,11-/m1/s1. The van der Waals surface area contributed by atoms with Gasteiger partial charge in [-0.1, -0.05) is 19.4 Å². The average molecular weight is 310 g/mol. The van der Waals surface area contributed by atoms with Crippen molar-refractivity contribution in [2.45, 2.75) is 39.5 Å². The number of rotatable bonds is 7. The lowest BCUT2D eigenvalue weighted by atomic mass is 9.72. The van der Waals surface area contributed by atoms with E-state index in [9.17, 15) is 24.3 Å². The number of carbonyl (C=O) groups excluding carboxylic acids is 3. The molecule has 1 N–H and O–H groups in total. The van der Waals surface area contributed by atoms with Gasteiger partial charge in [-0.15, -0.1) is 0 Å². The summed E-state index contributed by atoms with van der Waals surface area (Å²) in [6, 6.07) is 0. The van der Waals surface area contributed by atoms with E-state index in [2.05, 4.69) is 6.58 Å². The Morgan fingerprint density at radius 2 is 1.73 bits per heavy atom. The van der Waals surface area contributed by atoms with Gasteiger partial charge < -0.3 is 9.84 Å². The predicted molar refractivity (Wildman–Crippen MR) is 78.0 cm³/mol. The van der Waals surface area contributed by atoms with E-state index in [0.717, 1.165) is 18.9 Å². The summed E-state index contributed by atoms with van der Waals surface area (Å²) in [5.74, 6) is -4.67. The zero-order valence-electron chi connectivity index (χ0n) is 13.0. The Morgan fingerprint density at radius 1 is 1.18 bits per heavy atom. The molecule has 0 bridgehead atoms. The van der Waals surface area contributed by atoms with Crippen molar-refractivity contribution in [2.24, 2.45) is 17.3 Å². The van der Waals surface area contributed by atoms with Gasteiger partial charge in [0.1, 0.15) is 6.61 Å². The molecule has 122 valence electrons. The highest BCUT2D eigenvalue weighted by atomic mass is 16.5. The number of carbonyl (C=O) groups is 4. The van der Waals surface area contributed by atoms with Crippen molar-refractivity contribution in [1.82, 2.24) is 0 Å². The second-order valence-electron chi connectivity index (χ2n) is 6.22. The van der Waals surface area contributed by atoms with E-state index < -0.39 is 40.8 Å². The summed E-state index contributed by atoms with van der Waals surface area (Å²) < 4.78 is 4.84. The average Bonchev–Trinajstić information content (AvgIpc) is 2.51. The van der Waals surface area contributed by atoms with Gasteiger partial charge in [0.15, 0.2) is 0 Å². The van der Waals surface area contributed by atoms with Crippen LogP contribution in [0.3, 0.4) is 0 Å². The Labute approximate surface area is 129 Å². The van der Waals surface area contributed by atoms with Crippen molar-refractivity contribution in [3.8, 4) is 0 Å². The number of carboxylic acid groups (broad SMARTS) is 1. The van der Waals surface area contributed by atoms with E-state index in [4.69, 9.17) is 4.74 Å². The number of hydrogen-bond acceptors (Lipinski definition) is 5. The molecule has 6 heteroatoms. The van der Waals surface area contributed by atoms with Crippen molar-refractivity contribution in [3.63, 3.8) is 0 Å². The number of ether oxygens (including phenoxy) is 1. The molecule has 1 rings (SSSR count). The van der Waals surface area contributed by atoms with Gasteiger partial charge in [0.05, 0.1) is 11.3 Å². The summed E-state index contributed by atoms with van der Waals surface area (Å²) in [7, 11) is 0. The molecule has 0 amide bonds. The number of esters is 1. The molecule has 0 saturated heterocycles. The summed E-state index contributed by atoms with van der Waals surface area (Å²) in [5, 5.41) is 9.21. The molecule has 1 unspecified atom stereocenters. The lowest BCUT2D eigenvalue weighted by Gasteiger charge is -2.29. The minimum Gasteiger partial charge on any atom is -0.481 e. The maximum Gasteiger partial charge on any atom is 0.330 e. The zero-order valence-corrected chi connectivity index (χ0v) is 13.0. The Morgan fingerprint density at radius 3 is 2.23 bits per heavy atom. The van der Waals surface area contributed by atoms with E-state index in [0.29, 0.717) is 12.8 Å². The van der Waals surface area contributed by atoms with Crippen molar-refractivity contribution < 1.29 is 29.0 Å². The van der Waals surface area contributed by atoms with Crippen molar-refractivity contribution in [3.05, 3.63) is 12.7 Å². The van der Waals surface area contributed by atoms with E-state index in [1.165, 1.54) is 13.8 Å². The van der Waals surface area contributed by atoms with Crippen molar-refractivity contribution in [2.75, 3.05) is 6.61 Å². The molecule has 6 nitrogen and oxygen atoms in total. The highest BCUT2D eigenvalue weighted by Crippen LogP contribution is 2.33. The second kappa shape index (κ2) is 7.33. The fraction of sp³-hybridized carbons (Fsp3) is 0.625. The molecule has 2 atom stereocenters. The summed E-state index contributed by atoms with van der Waals surface area (Å²) in [6.07, 6.45) is 3.27. The number of Topliss-reactive ketones (excluding diaryl/α,β-unsaturated/α-hetero) is 2. The van der Waals surface area contributed by atoms with Crippen LogP contribution in [0.15, 0.2) is 12.7 Å². The molecule has 0 aliphatic heterocycles. The Kier molecular flexibility index (Phi) is 6.02. The molecule has 0 aromatic heterocycles. The molecule has 1 aliphatic carbocycles. The highest BCUT2D eigenvalue weighted by Gasteiger charge is 2.43. The molecule has 1 aliphatic rings. The largest absolute Gasteiger partial charge is 0.481 e. The minimum atomic E-state index is -1.18. The van der Waals surface area contributed by atoms with Crippen LogP contribution in [-0.4, -0.2) is 35.2 Å². The number of aliphatic carboxylic acids is 1. The third-order valence-electron chi connectivity index (χ3n) is 4.00. The van der Waals surface area contributed by atoms with E-state index in [-0.39, 0.29) is 6.61 Å². The molecule has 0 spiro atoms. The molecule has 22 heavy (non-hydrogen) atoms. The maximum atomic E-state index is 12.4. The molecule has 1 fully saturated rings. The third-order valence-corrected chi connectivity index (χ3v) is 4.00. The topological polar surface area (TPSA) is 97.7 Å². The summed E-state index contributed by atoms with van der Waals surface area (Å²) in [4.78, 5) is 47.1. The molecule has 0 aromatic rings. The van der Waals surface area contributed by atoms with E-state index in [1.807, 2.05) is 0 Å². The van der Waals surface area contributed by atoms with Crippen LogP contribution in [0.4, 0.5) is 0 Å². The number of hydrogen-bond donors (Lipinski definition) is 1. The van der Waals surface area contributed by atoms with Gasteiger partial charge >= 0.3 is 11.9 Å². The summed E-state index contributed by atoms with van der Waals surface area (Å²) in [5.41, 5.74) is -1.18. The van der Waals surface area contributed by atoms with Crippen LogP contribution in [0.25, 0.3) is 0 Å². The molecule has 0 radical (unpaired) electrons. The van der Waals surface area contributed by atoms with Crippen LogP contribution in [0, 0.1) is 17.3 Å². The highest BCUT2D eigenvalue weighted by molar-refractivity contribution is 6.40. The fourth-order valence-corrected chi connectivity index (χ4v) is 2.62.